The van der Waals surface area contributed by atoms with Gasteiger partial charge in [-0.1, -0.05) is 18.2 Å². The van der Waals surface area contributed by atoms with Gasteiger partial charge >= 0.3 is 0 Å². The predicted octanol–water partition coefficient (Wildman–Crippen LogP) is 2.38. The summed E-state index contributed by atoms with van der Waals surface area (Å²) in [4.78, 5) is 24.4. The minimum Gasteiger partial charge on any atom is -0.349 e. The van der Waals surface area contributed by atoms with Crippen LogP contribution >= 0.6 is 0 Å². The highest BCUT2D eigenvalue weighted by Crippen LogP contribution is 2.20. The highest BCUT2D eigenvalue weighted by molar-refractivity contribution is 7.89. The Morgan fingerprint density at radius 1 is 1.00 bits per heavy atom. The maximum atomic E-state index is 12.3. The van der Waals surface area contributed by atoms with Crippen molar-refractivity contribution in [1.82, 2.24) is 5.32 Å². The highest BCUT2D eigenvalue weighted by atomic mass is 32.2. The number of amides is 2. The summed E-state index contributed by atoms with van der Waals surface area (Å²) < 4.78 is 22.6. The minimum absolute atomic E-state index is 0.0625. The molecule has 0 spiro atoms. The van der Waals surface area contributed by atoms with E-state index in [0.29, 0.717) is 22.4 Å². The number of hydrogen-bond acceptors (Lipinski definition) is 4. The molecule has 7 heteroatoms. The summed E-state index contributed by atoms with van der Waals surface area (Å²) >= 11 is 0. The summed E-state index contributed by atoms with van der Waals surface area (Å²) in [5.74, 6) is -0.531. The molecule has 2 aromatic rings. The molecule has 2 aromatic carbocycles. The van der Waals surface area contributed by atoms with Crippen molar-refractivity contribution in [2.24, 2.45) is 0 Å². The van der Waals surface area contributed by atoms with Gasteiger partial charge in [-0.3, -0.25) is 9.59 Å². The summed E-state index contributed by atoms with van der Waals surface area (Å²) in [6, 6.07) is 13.4. The Kier molecular flexibility index (Phi) is 5.08. The Labute approximate surface area is 152 Å². The van der Waals surface area contributed by atoms with Gasteiger partial charge < -0.3 is 10.6 Å². The van der Waals surface area contributed by atoms with Gasteiger partial charge in [0.2, 0.25) is 0 Å². The van der Waals surface area contributed by atoms with Crippen LogP contribution in [0.4, 0.5) is 5.69 Å². The van der Waals surface area contributed by atoms with Crippen LogP contribution in [-0.4, -0.2) is 32.5 Å². The van der Waals surface area contributed by atoms with Crippen molar-refractivity contribution in [3.8, 4) is 0 Å². The monoisotopic (exact) mass is 372 g/mol. The Bertz CT molecular complexity index is 932. The lowest BCUT2D eigenvalue weighted by molar-refractivity contribution is 0.0949. The van der Waals surface area contributed by atoms with Crippen molar-refractivity contribution in [2.45, 2.75) is 24.6 Å². The molecule has 2 amide bonds. The van der Waals surface area contributed by atoms with Crippen molar-refractivity contribution in [3.63, 3.8) is 0 Å². The Morgan fingerprint density at radius 3 is 2.31 bits per heavy atom. The zero-order valence-corrected chi connectivity index (χ0v) is 15.2. The molecular weight excluding hydrogens is 352 g/mol. The number of carbonyl (C=O) groups is 2. The van der Waals surface area contributed by atoms with Gasteiger partial charge in [-0.25, -0.2) is 8.42 Å². The molecule has 0 atom stereocenters. The maximum absolute atomic E-state index is 12.3. The number of hydrogen-bond donors (Lipinski definition) is 2. The van der Waals surface area contributed by atoms with Crippen molar-refractivity contribution >= 4 is 27.3 Å². The third-order valence-corrected chi connectivity index (χ3v) is 4.80. The van der Waals surface area contributed by atoms with Crippen LogP contribution in [0.25, 0.3) is 0 Å². The normalized spacial score (nSPS) is 13.9. The first-order valence-corrected chi connectivity index (χ1v) is 10.4. The zero-order chi connectivity index (χ0) is 18.7. The summed E-state index contributed by atoms with van der Waals surface area (Å²) in [7, 11) is -3.11. The summed E-state index contributed by atoms with van der Waals surface area (Å²) in [5.41, 5.74) is 2.06. The lowest BCUT2D eigenvalue weighted by Crippen LogP contribution is -2.25. The summed E-state index contributed by atoms with van der Waals surface area (Å²) in [5, 5.41) is 5.66. The molecule has 0 heterocycles. The van der Waals surface area contributed by atoms with E-state index in [-0.39, 0.29) is 23.6 Å². The van der Waals surface area contributed by atoms with Crippen LogP contribution in [0.5, 0.6) is 0 Å². The minimum atomic E-state index is -3.11. The molecule has 6 nitrogen and oxygen atoms in total. The lowest BCUT2D eigenvalue weighted by Gasteiger charge is -2.08. The van der Waals surface area contributed by atoms with Crippen LogP contribution in [0.1, 0.15) is 39.1 Å². The molecule has 26 heavy (non-hydrogen) atoms. The first kappa shape index (κ1) is 18.1. The van der Waals surface area contributed by atoms with Crippen molar-refractivity contribution < 1.29 is 18.0 Å². The predicted molar refractivity (Wildman–Crippen MR) is 99.9 cm³/mol. The topological polar surface area (TPSA) is 92.3 Å². The third-order valence-electron chi connectivity index (χ3n) is 3.94. The molecule has 1 fully saturated rings. The van der Waals surface area contributed by atoms with E-state index in [9.17, 15) is 18.0 Å². The molecule has 0 aromatic heterocycles. The Morgan fingerprint density at radius 2 is 1.69 bits per heavy atom. The molecule has 0 saturated heterocycles. The van der Waals surface area contributed by atoms with E-state index in [4.69, 9.17) is 0 Å². The quantitative estimate of drug-likeness (QED) is 0.814. The first-order valence-electron chi connectivity index (χ1n) is 8.29. The van der Waals surface area contributed by atoms with Crippen molar-refractivity contribution in [2.75, 3.05) is 11.6 Å². The average molecular weight is 372 g/mol. The fraction of sp³-hybridized carbons (Fsp3) is 0.263. The van der Waals surface area contributed by atoms with E-state index in [1.807, 2.05) is 0 Å². The highest BCUT2D eigenvalue weighted by Gasteiger charge is 2.23. The van der Waals surface area contributed by atoms with Gasteiger partial charge in [-0.15, -0.1) is 0 Å². The number of benzene rings is 2. The molecule has 1 saturated carbocycles. The molecule has 136 valence electrons. The lowest BCUT2D eigenvalue weighted by atomic mass is 10.1. The van der Waals surface area contributed by atoms with Crippen LogP contribution < -0.4 is 10.6 Å². The molecular formula is C19H20N2O4S. The number of nitrogens with one attached hydrogen (secondary N) is 2. The van der Waals surface area contributed by atoms with E-state index < -0.39 is 9.84 Å². The standard InChI is InChI=1S/C19H20N2O4S/c1-26(24,25)12-13-5-7-14(8-6-13)18(22)21-17-4-2-3-15(11-17)19(23)20-16-9-10-16/h2-8,11,16H,9-10,12H2,1H3,(H,20,23)(H,21,22). The van der Waals surface area contributed by atoms with Gasteiger partial charge in [0.25, 0.3) is 11.8 Å². The van der Waals surface area contributed by atoms with Gasteiger partial charge in [0.05, 0.1) is 5.75 Å². The second-order valence-corrected chi connectivity index (χ2v) is 8.69. The number of rotatable bonds is 6. The summed E-state index contributed by atoms with van der Waals surface area (Å²) in [6.45, 7) is 0. The van der Waals surface area contributed by atoms with Gasteiger partial charge in [0.1, 0.15) is 0 Å². The molecule has 0 bridgehead atoms. The van der Waals surface area contributed by atoms with Crippen LogP contribution in [0.2, 0.25) is 0 Å². The zero-order valence-electron chi connectivity index (χ0n) is 14.4. The van der Waals surface area contributed by atoms with Gasteiger partial charge in [0.15, 0.2) is 9.84 Å². The molecule has 2 N–H and O–H groups in total. The third kappa shape index (κ3) is 5.16. The molecule has 3 rings (SSSR count). The summed E-state index contributed by atoms with van der Waals surface area (Å²) in [6.07, 6.45) is 3.19. The Balaban J connectivity index is 1.66. The SMILES string of the molecule is CS(=O)(=O)Cc1ccc(C(=O)Nc2cccc(C(=O)NC3CC3)c2)cc1. The second-order valence-electron chi connectivity index (χ2n) is 6.55. The first-order chi connectivity index (χ1) is 12.3. The number of anilines is 1. The van der Waals surface area contributed by atoms with Crippen LogP contribution in [0, 0.1) is 0 Å². The fourth-order valence-electron chi connectivity index (χ4n) is 2.49. The Hall–Kier alpha value is -2.67. The average Bonchev–Trinajstić information content (AvgIpc) is 3.38. The van der Waals surface area contributed by atoms with Crippen LogP contribution in [0.3, 0.4) is 0 Å². The molecule has 0 unspecified atom stereocenters. The molecule has 1 aliphatic rings. The van der Waals surface area contributed by atoms with Crippen LogP contribution in [-0.2, 0) is 15.6 Å². The van der Waals surface area contributed by atoms with E-state index in [0.717, 1.165) is 12.8 Å². The van der Waals surface area contributed by atoms with Crippen molar-refractivity contribution in [1.29, 1.82) is 0 Å². The van der Waals surface area contributed by atoms with E-state index >= 15 is 0 Å². The molecule has 0 radical (unpaired) electrons. The van der Waals surface area contributed by atoms with E-state index in [1.54, 1.807) is 48.5 Å². The van der Waals surface area contributed by atoms with E-state index in [1.165, 1.54) is 6.26 Å². The van der Waals surface area contributed by atoms with Crippen molar-refractivity contribution in [3.05, 3.63) is 65.2 Å². The number of sulfone groups is 1. The van der Waals surface area contributed by atoms with E-state index in [2.05, 4.69) is 10.6 Å². The van der Waals surface area contributed by atoms with Gasteiger partial charge in [-0.2, -0.15) is 0 Å². The molecule has 1 aliphatic carbocycles. The van der Waals surface area contributed by atoms with Gasteiger partial charge in [-0.05, 0) is 48.7 Å². The molecule has 0 aliphatic heterocycles. The smallest absolute Gasteiger partial charge is 0.255 e. The largest absolute Gasteiger partial charge is 0.349 e. The van der Waals surface area contributed by atoms with Crippen LogP contribution in [0.15, 0.2) is 48.5 Å². The maximum Gasteiger partial charge on any atom is 0.255 e. The second kappa shape index (κ2) is 7.29. The number of carbonyl (C=O) groups excluding carboxylic acids is 2. The van der Waals surface area contributed by atoms with Gasteiger partial charge in [0, 0.05) is 29.1 Å². The fourth-order valence-corrected chi connectivity index (χ4v) is 3.29.